The predicted octanol–water partition coefficient (Wildman–Crippen LogP) is 5.43. The van der Waals surface area contributed by atoms with Crippen LogP contribution >= 0.6 is 0 Å². The van der Waals surface area contributed by atoms with Crippen molar-refractivity contribution < 1.29 is 14.0 Å². The number of oxime groups is 1. The summed E-state index contributed by atoms with van der Waals surface area (Å²) in [6, 6.07) is 0. The van der Waals surface area contributed by atoms with E-state index in [0.717, 1.165) is 61.8 Å². The van der Waals surface area contributed by atoms with E-state index in [1.54, 1.807) is 11.8 Å². The number of carbonyl (C=O) groups excluding carboxylic acids is 1. The lowest BCUT2D eigenvalue weighted by Gasteiger charge is -2.57. The van der Waals surface area contributed by atoms with Gasteiger partial charge in [-0.25, -0.2) is 4.98 Å². The Kier molecular flexibility index (Phi) is 4.90. The fourth-order valence-electron chi connectivity index (χ4n) is 7.21. The van der Waals surface area contributed by atoms with Crippen LogP contribution in [0.15, 0.2) is 27.4 Å². The molecule has 5 rings (SSSR count). The molecule has 30 heavy (non-hydrogen) atoms. The first-order valence-electron chi connectivity index (χ1n) is 11.7. The minimum Gasteiger partial charge on any atom is -0.446 e. The van der Waals surface area contributed by atoms with Crippen LogP contribution in [0, 0.1) is 35.5 Å². The van der Waals surface area contributed by atoms with Gasteiger partial charge >= 0.3 is 0 Å². The van der Waals surface area contributed by atoms with Gasteiger partial charge in [-0.15, -0.1) is 0 Å². The molecule has 0 spiro atoms. The highest BCUT2D eigenvalue weighted by molar-refractivity contribution is 5.96. The molecule has 0 bridgehead atoms. The lowest BCUT2D eigenvalue weighted by atomic mass is 9.47. The molecule has 162 valence electrons. The number of allylic oxidation sites excluding steroid dienone is 2. The molecule has 3 unspecified atom stereocenters. The van der Waals surface area contributed by atoms with Crippen molar-refractivity contribution in [2.75, 3.05) is 6.61 Å². The van der Waals surface area contributed by atoms with Crippen LogP contribution in [0.1, 0.15) is 76.9 Å². The number of ketones is 1. The number of Topliss-reactive ketones (excluding diaryl/α,β-unsaturated/α-hetero) is 1. The number of aryl methyl sites for hydroxylation is 1. The minimum atomic E-state index is -0.0318. The lowest BCUT2D eigenvalue weighted by molar-refractivity contribution is -0.132. The number of nitrogens with zero attached hydrogens (tertiary/aromatic N) is 2. The monoisotopic (exact) mass is 410 g/mol. The second kappa shape index (κ2) is 7.35. The van der Waals surface area contributed by atoms with Gasteiger partial charge in [-0.3, -0.25) is 4.79 Å². The molecule has 4 aliphatic carbocycles. The summed E-state index contributed by atoms with van der Waals surface area (Å²) in [4.78, 5) is 22.3. The van der Waals surface area contributed by atoms with Gasteiger partial charge in [0.2, 0.25) is 0 Å². The van der Waals surface area contributed by atoms with Crippen molar-refractivity contribution in [1.29, 1.82) is 0 Å². The van der Waals surface area contributed by atoms with Crippen molar-refractivity contribution >= 4 is 11.5 Å². The maximum atomic E-state index is 12.6. The zero-order valence-corrected chi connectivity index (χ0v) is 18.6. The highest BCUT2D eigenvalue weighted by atomic mass is 16.6. The molecule has 3 saturated carbocycles. The van der Waals surface area contributed by atoms with Crippen LogP contribution in [-0.4, -0.2) is 23.1 Å². The Hall–Kier alpha value is -1.91. The summed E-state index contributed by atoms with van der Waals surface area (Å²) in [5, 5.41) is 4.44. The predicted molar refractivity (Wildman–Crippen MR) is 115 cm³/mol. The highest BCUT2D eigenvalue weighted by Gasteiger charge is 2.58. The summed E-state index contributed by atoms with van der Waals surface area (Å²) in [5.74, 6) is 4.12. The quantitative estimate of drug-likeness (QED) is 0.490. The number of rotatable bonds is 4. The average Bonchev–Trinajstić information content (AvgIpc) is 3.28. The first kappa shape index (κ1) is 20.0. The summed E-state index contributed by atoms with van der Waals surface area (Å²) >= 11 is 0. The maximum Gasteiger partial charge on any atom is 0.191 e. The van der Waals surface area contributed by atoms with E-state index >= 15 is 0 Å². The number of aromatic nitrogens is 1. The summed E-state index contributed by atoms with van der Waals surface area (Å²) in [5.41, 5.74) is 2.88. The van der Waals surface area contributed by atoms with Crippen LogP contribution in [-0.2, 0) is 16.1 Å². The lowest BCUT2D eigenvalue weighted by Crippen LogP contribution is -2.50. The van der Waals surface area contributed by atoms with Gasteiger partial charge in [-0.2, -0.15) is 0 Å². The van der Waals surface area contributed by atoms with Gasteiger partial charge in [0.15, 0.2) is 5.89 Å². The smallest absolute Gasteiger partial charge is 0.191 e. The zero-order chi connectivity index (χ0) is 20.9. The second-order valence-electron chi connectivity index (χ2n) is 10.4. The first-order chi connectivity index (χ1) is 14.4. The van der Waals surface area contributed by atoms with E-state index in [9.17, 15) is 4.79 Å². The largest absolute Gasteiger partial charge is 0.446 e. The van der Waals surface area contributed by atoms with Gasteiger partial charge in [-0.1, -0.05) is 24.6 Å². The standard InChI is InChI=1S/C25H34N2O3/c1-16-26-15-19(30-16)10-13-29-27-18-8-11-24(2)17(14-18)4-5-20-21-6-7-23(28)25(21,3)12-9-22(20)24/h14-15,20-22H,4-13H2,1-3H3/b27-18-/t20?,21?,22?,24-,25-/m0/s1. The Balaban J connectivity index is 1.26. The molecular weight excluding hydrogens is 376 g/mol. The first-order valence-corrected chi connectivity index (χ1v) is 11.7. The fraction of sp³-hybridized carbons (Fsp3) is 0.720. The third kappa shape index (κ3) is 3.16. The van der Waals surface area contributed by atoms with Gasteiger partial charge in [0.25, 0.3) is 0 Å². The molecule has 5 heteroatoms. The van der Waals surface area contributed by atoms with Gasteiger partial charge in [0, 0.05) is 25.2 Å². The molecule has 0 saturated heterocycles. The number of hydrogen-bond donors (Lipinski definition) is 0. The molecule has 3 fully saturated rings. The molecule has 4 aliphatic rings. The number of fused-ring (bicyclic) bond motifs is 5. The molecule has 0 aliphatic heterocycles. The normalized spacial score (nSPS) is 39.3. The molecule has 1 heterocycles. The van der Waals surface area contributed by atoms with Gasteiger partial charge in [-0.05, 0) is 74.2 Å². The Labute approximate surface area is 179 Å². The molecule has 1 aromatic heterocycles. The summed E-state index contributed by atoms with van der Waals surface area (Å²) in [6.07, 6.45) is 13.5. The van der Waals surface area contributed by atoms with Crippen LogP contribution in [0.5, 0.6) is 0 Å². The highest BCUT2D eigenvalue weighted by Crippen LogP contribution is 2.64. The van der Waals surface area contributed by atoms with Crippen LogP contribution in [0.2, 0.25) is 0 Å². The zero-order valence-electron chi connectivity index (χ0n) is 18.6. The molecule has 1 aromatic rings. The van der Waals surface area contributed by atoms with E-state index in [1.807, 2.05) is 6.92 Å². The van der Waals surface area contributed by atoms with Crippen LogP contribution < -0.4 is 0 Å². The molecule has 5 atom stereocenters. The average molecular weight is 411 g/mol. The third-order valence-electron chi connectivity index (χ3n) is 8.98. The van der Waals surface area contributed by atoms with Crippen LogP contribution in [0.25, 0.3) is 0 Å². The number of oxazole rings is 1. The van der Waals surface area contributed by atoms with Gasteiger partial charge in [0.05, 0.1) is 11.9 Å². The van der Waals surface area contributed by atoms with E-state index in [-0.39, 0.29) is 10.8 Å². The van der Waals surface area contributed by atoms with Crippen molar-refractivity contribution in [2.24, 2.45) is 33.7 Å². The Morgan fingerprint density at radius 3 is 2.77 bits per heavy atom. The minimum absolute atomic E-state index is 0.0318. The molecule has 5 nitrogen and oxygen atoms in total. The fourth-order valence-corrected chi connectivity index (χ4v) is 7.21. The van der Waals surface area contributed by atoms with Crippen molar-refractivity contribution in [2.45, 2.75) is 78.6 Å². The Bertz CT molecular complexity index is 900. The summed E-state index contributed by atoms with van der Waals surface area (Å²) in [6.45, 7) is 7.11. The maximum absolute atomic E-state index is 12.6. The number of carbonyl (C=O) groups is 1. The Morgan fingerprint density at radius 1 is 1.13 bits per heavy atom. The SMILES string of the molecule is Cc1ncc(CCO/N=C2\C=C3CCC4C(CC[C@]5(C)C(=O)CCC45)[C@@]3(C)CC2)o1. The third-order valence-corrected chi connectivity index (χ3v) is 8.98. The van der Waals surface area contributed by atoms with Crippen molar-refractivity contribution in [1.82, 2.24) is 4.98 Å². The van der Waals surface area contributed by atoms with Crippen LogP contribution in [0.4, 0.5) is 0 Å². The van der Waals surface area contributed by atoms with E-state index in [0.29, 0.717) is 30.6 Å². The molecule has 0 radical (unpaired) electrons. The molecular formula is C25H34N2O3. The number of hydrogen-bond acceptors (Lipinski definition) is 5. The van der Waals surface area contributed by atoms with Crippen molar-refractivity contribution in [3.8, 4) is 0 Å². The van der Waals surface area contributed by atoms with Gasteiger partial charge < -0.3 is 9.25 Å². The summed E-state index contributed by atoms with van der Waals surface area (Å²) in [7, 11) is 0. The Morgan fingerprint density at radius 2 is 1.97 bits per heavy atom. The van der Waals surface area contributed by atoms with Crippen molar-refractivity contribution in [3.63, 3.8) is 0 Å². The van der Waals surface area contributed by atoms with Crippen molar-refractivity contribution in [3.05, 3.63) is 29.5 Å². The molecule has 0 amide bonds. The topological polar surface area (TPSA) is 64.7 Å². The molecule has 0 N–H and O–H groups in total. The van der Waals surface area contributed by atoms with E-state index in [4.69, 9.17) is 9.25 Å². The van der Waals surface area contributed by atoms with E-state index in [2.05, 4.69) is 30.1 Å². The summed E-state index contributed by atoms with van der Waals surface area (Å²) < 4.78 is 5.48. The van der Waals surface area contributed by atoms with E-state index in [1.165, 1.54) is 12.8 Å². The van der Waals surface area contributed by atoms with E-state index < -0.39 is 0 Å². The van der Waals surface area contributed by atoms with Crippen LogP contribution in [0.3, 0.4) is 0 Å². The van der Waals surface area contributed by atoms with Gasteiger partial charge in [0.1, 0.15) is 18.2 Å². The molecule has 0 aromatic carbocycles. The second-order valence-corrected chi connectivity index (χ2v) is 10.4.